The van der Waals surface area contributed by atoms with Gasteiger partial charge >= 0.3 is 0 Å². The van der Waals surface area contributed by atoms with Crippen LogP contribution in [0.5, 0.6) is 0 Å². The quantitative estimate of drug-likeness (QED) is 0.821. The summed E-state index contributed by atoms with van der Waals surface area (Å²) in [6, 6.07) is 8.09. The number of carbonyl (C=O) groups excluding carboxylic acids is 2. The normalized spacial score (nSPS) is 24.5. The number of benzene rings is 1. The van der Waals surface area contributed by atoms with Crippen molar-refractivity contribution in [1.29, 1.82) is 0 Å². The number of primary amides is 1. The molecule has 2 fully saturated rings. The second kappa shape index (κ2) is 7.97. The molecule has 2 heterocycles. The molecule has 0 spiro atoms. The number of anilines is 1. The minimum absolute atomic E-state index is 0.0223. The molecular formula is C19H28N4O2. The van der Waals surface area contributed by atoms with Crippen molar-refractivity contribution >= 4 is 17.5 Å². The van der Waals surface area contributed by atoms with Crippen LogP contribution < -0.4 is 11.1 Å². The molecule has 25 heavy (non-hydrogen) atoms. The third-order valence-corrected chi connectivity index (χ3v) is 5.39. The number of hydrogen-bond acceptors (Lipinski definition) is 4. The molecule has 2 aliphatic rings. The summed E-state index contributed by atoms with van der Waals surface area (Å²) in [5.74, 6) is -0.240. The molecule has 0 aromatic heterocycles. The molecule has 3 N–H and O–H groups in total. The lowest BCUT2D eigenvalue weighted by Gasteiger charge is -2.24. The van der Waals surface area contributed by atoms with E-state index in [-0.39, 0.29) is 17.9 Å². The maximum atomic E-state index is 12.4. The van der Waals surface area contributed by atoms with Crippen LogP contribution in [0.1, 0.15) is 38.2 Å². The summed E-state index contributed by atoms with van der Waals surface area (Å²) in [5, 5.41) is 3.05. The van der Waals surface area contributed by atoms with E-state index in [1.54, 1.807) is 0 Å². The summed E-state index contributed by atoms with van der Waals surface area (Å²) in [6.07, 6.45) is 4.12. The van der Waals surface area contributed by atoms with Crippen LogP contribution in [-0.4, -0.2) is 53.3 Å². The van der Waals surface area contributed by atoms with Crippen LogP contribution in [0.4, 0.5) is 5.69 Å². The largest absolute Gasteiger partial charge is 0.368 e. The second-order valence-electron chi connectivity index (χ2n) is 7.20. The van der Waals surface area contributed by atoms with Crippen molar-refractivity contribution in [2.24, 2.45) is 5.73 Å². The van der Waals surface area contributed by atoms with Crippen molar-refractivity contribution < 1.29 is 9.59 Å². The number of para-hydroxylation sites is 1. The van der Waals surface area contributed by atoms with Gasteiger partial charge in [-0.3, -0.25) is 19.4 Å². The lowest BCUT2D eigenvalue weighted by molar-refractivity contribution is -0.122. The van der Waals surface area contributed by atoms with Gasteiger partial charge in [0.25, 0.3) is 0 Å². The molecule has 1 aromatic rings. The number of likely N-dealkylation sites (tertiary alicyclic amines) is 2. The van der Waals surface area contributed by atoms with Gasteiger partial charge in [0.1, 0.15) is 0 Å². The first-order chi connectivity index (χ1) is 12.0. The number of amides is 2. The van der Waals surface area contributed by atoms with Crippen molar-refractivity contribution in [2.45, 2.75) is 51.2 Å². The monoisotopic (exact) mass is 344 g/mol. The van der Waals surface area contributed by atoms with Crippen molar-refractivity contribution in [3.05, 3.63) is 29.8 Å². The SMILES string of the molecule is C[C@@H]1CCCN1CC(=O)Nc1ccccc1CN1CCC[C@H]1C(N)=O. The Balaban J connectivity index is 1.64. The molecule has 0 aliphatic carbocycles. The van der Waals surface area contributed by atoms with Gasteiger partial charge in [-0.25, -0.2) is 0 Å². The molecule has 2 aliphatic heterocycles. The fraction of sp³-hybridized carbons (Fsp3) is 0.579. The molecule has 2 atom stereocenters. The molecular weight excluding hydrogens is 316 g/mol. The summed E-state index contributed by atoms with van der Waals surface area (Å²) in [6.45, 7) is 5.09. The van der Waals surface area contributed by atoms with Gasteiger partial charge in [0.05, 0.1) is 12.6 Å². The first-order valence-electron chi connectivity index (χ1n) is 9.20. The highest BCUT2D eigenvalue weighted by Gasteiger charge is 2.29. The molecule has 0 unspecified atom stereocenters. The highest BCUT2D eigenvalue weighted by Crippen LogP contribution is 2.24. The predicted molar refractivity (Wildman–Crippen MR) is 98.0 cm³/mol. The summed E-state index contributed by atoms with van der Waals surface area (Å²) in [5.41, 5.74) is 7.36. The van der Waals surface area contributed by atoms with Gasteiger partial charge < -0.3 is 11.1 Å². The number of carbonyl (C=O) groups is 2. The van der Waals surface area contributed by atoms with E-state index in [1.165, 1.54) is 0 Å². The molecule has 0 radical (unpaired) electrons. The van der Waals surface area contributed by atoms with E-state index in [4.69, 9.17) is 5.73 Å². The number of nitrogens with two attached hydrogens (primary N) is 1. The van der Waals surface area contributed by atoms with Gasteiger partial charge in [-0.1, -0.05) is 18.2 Å². The molecule has 2 amide bonds. The Morgan fingerprint density at radius 3 is 2.60 bits per heavy atom. The molecule has 0 saturated carbocycles. The van der Waals surface area contributed by atoms with Gasteiger partial charge in [-0.05, 0) is 57.3 Å². The van der Waals surface area contributed by atoms with Crippen LogP contribution in [-0.2, 0) is 16.1 Å². The topological polar surface area (TPSA) is 78.7 Å². The average molecular weight is 344 g/mol. The van der Waals surface area contributed by atoms with E-state index in [9.17, 15) is 9.59 Å². The van der Waals surface area contributed by atoms with Crippen LogP contribution >= 0.6 is 0 Å². The first-order valence-corrected chi connectivity index (χ1v) is 9.20. The predicted octanol–water partition coefficient (Wildman–Crippen LogP) is 1.56. The van der Waals surface area contributed by atoms with Gasteiger partial charge in [0.15, 0.2) is 0 Å². The second-order valence-corrected chi connectivity index (χ2v) is 7.20. The smallest absolute Gasteiger partial charge is 0.238 e. The van der Waals surface area contributed by atoms with Crippen LogP contribution in [0.15, 0.2) is 24.3 Å². The zero-order valence-electron chi connectivity index (χ0n) is 14.9. The number of rotatable bonds is 6. The standard InChI is InChI=1S/C19H28N4O2/c1-14-6-4-10-22(14)13-18(24)21-16-8-3-2-7-15(16)12-23-11-5-9-17(23)19(20)25/h2-3,7-8,14,17H,4-6,9-13H2,1H3,(H2,20,25)(H,21,24)/t14-,17+/m1/s1. The van der Waals surface area contributed by atoms with Gasteiger partial charge in [-0.2, -0.15) is 0 Å². The maximum absolute atomic E-state index is 12.4. The molecule has 136 valence electrons. The summed E-state index contributed by atoms with van der Waals surface area (Å²) in [4.78, 5) is 28.4. The molecule has 6 heteroatoms. The van der Waals surface area contributed by atoms with Crippen LogP contribution in [0, 0.1) is 0 Å². The van der Waals surface area contributed by atoms with Crippen molar-refractivity contribution in [1.82, 2.24) is 9.80 Å². The highest BCUT2D eigenvalue weighted by atomic mass is 16.2. The Hall–Kier alpha value is -1.92. The zero-order chi connectivity index (χ0) is 17.8. The zero-order valence-corrected chi connectivity index (χ0v) is 14.9. The fourth-order valence-electron chi connectivity index (χ4n) is 3.94. The van der Waals surface area contributed by atoms with E-state index in [0.29, 0.717) is 19.1 Å². The third-order valence-electron chi connectivity index (χ3n) is 5.39. The van der Waals surface area contributed by atoms with E-state index in [0.717, 1.165) is 50.0 Å². The minimum atomic E-state index is -0.262. The van der Waals surface area contributed by atoms with E-state index in [2.05, 4.69) is 22.0 Å². The summed E-state index contributed by atoms with van der Waals surface area (Å²) in [7, 11) is 0. The molecule has 6 nitrogen and oxygen atoms in total. The Kier molecular flexibility index (Phi) is 5.71. The molecule has 2 saturated heterocycles. The Bertz CT molecular complexity index is 634. The minimum Gasteiger partial charge on any atom is -0.368 e. The molecule has 0 bridgehead atoms. The van der Waals surface area contributed by atoms with Crippen LogP contribution in [0.2, 0.25) is 0 Å². The number of nitrogens with one attached hydrogen (secondary N) is 1. The van der Waals surface area contributed by atoms with E-state index in [1.807, 2.05) is 24.3 Å². The maximum Gasteiger partial charge on any atom is 0.238 e. The number of hydrogen-bond donors (Lipinski definition) is 2. The highest BCUT2D eigenvalue weighted by molar-refractivity contribution is 5.93. The van der Waals surface area contributed by atoms with Gasteiger partial charge in [0.2, 0.25) is 11.8 Å². The first kappa shape index (κ1) is 17.9. The van der Waals surface area contributed by atoms with Gasteiger partial charge in [-0.15, -0.1) is 0 Å². The van der Waals surface area contributed by atoms with Crippen molar-refractivity contribution in [3.8, 4) is 0 Å². The summed E-state index contributed by atoms with van der Waals surface area (Å²) < 4.78 is 0. The van der Waals surface area contributed by atoms with Crippen LogP contribution in [0.25, 0.3) is 0 Å². The fourth-order valence-corrected chi connectivity index (χ4v) is 3.94. The lowest BCUT2D eigenvalue weighted by atomic mass is 10.1. The number of nitrogens with zero attached hydrogens (tertiary/aromatic N) is 2. The Morgan fingerprint density at radius 1 is 1.16 bits per heavy atom. The van der Waals surface area contributed by atoms with Crippen LogP contribution in [0.3, 0.4) is 0 Å². The van der Waals surface area contributed by atoms with Crippen molar-refractivity contribution in [2.75, 3.05) is 25.0 Å². The van der Waals surface area contributed by atoms with Crippen molar-refractivity contribution in [3.63, 3.8) is 0 Å². The molecule has 3 rings (SSSR count). The summed E-state index contributed by atoms with van der Waals surface area (Å²) >= 11 is 0. The molecule has 1 aromatic carbocycles. The van der Waals surface area contributed by atoms with E-state index < -0.39 is 0 Å². The Morgan fingerprint density at radius 2 is 1.88 bits per heavy atom. The lowest BCUT2D eigenvalue weighted by Crippen LogP contribution is -2.40. The van der Waals surface area contributed by atoms with Gasteiger partial charge in [0, 0.05) is 18.3 Å². The Labute approximate surface area is 149 Å². The average Bonchev–Trinajstić information content (AvgIpc) is 3.19. The van der Waals surface area contributed by atoms with E-state index >= 15 is 0 Å². The third kappa shape index (κ3) is 4.38.